The number of halogens is 3. The van der Waals surface area contributed by atoms with Crippen molar-refractivity contribution in [1.29, 1.82) is 0 Å². The Bertz CT molecular complexity index is 995. The highest BCUT2D eigenvalue weighted by Gasteiger charge is 2.30. The van der Waals surface area contributed by atoms with Crippen molar-refractivity contribution in [2.75, 3.05) is 7.05 Å². The molecule has 0 bridgehead atoms. The molecule has 0 spiro atoms. The molecule has 1 amide bonds. The second-order valence-corrected chi connectivity index (χ2v) is 6.67. The Labute approximate surface area is 155 Å². The van der Waals surface area contributed by atoms with Crippen LogP contribution in [0, 0.1) is 13.8 Å². The molecule has 2 aromatic carbocycles. The van der Waals surface area contributed by atoms with E-state index in [1.807, 2.05) is 31.2 Å². The van der Waals surface area contributed by atoms with Gasteiger partial charge < -0.3 is 4.90 Å². The van der Waals surface area contributed by atoms with E-state index in [4.69, 9.17) is 0 Å². The number of alkyl halides is 3. The standard InChI is InChI=1S/C21H19F3N2O/c1-13-4-9-19-16(10-13)11-18(14(2)25-19)20(27)26(3)12-15-5-7-17(8-6-15)21(22,23)24/h4-11H,12H2,1-3H3. The number of carbonyl (C=O) groups is 1. The Balaban J connectivity index is 1.83. The van der Waals surface area contributed by atoms with Gasteiger partial charge in [0.1, 0.15) is 0 Å². The number of pyridine rings is 1. The van der Waals surface area contributed by atoms with Crippen LogP contribution in [0.2, 0.25) is 0 Å². The van der Waals surface area contributed by atoms with E-state index in [1.165, 1.54) is 17.0 Å². The monoisotopic (exact) mass is 372 g/mol. The molecule has 0 atom stereocenters. The van der Waals surface area contributed by atoms with Gasteiger partial charge in [0.2, 0.25) is 0 Å². The summed E-state index contributed by atoms with van der Waals surface area (Å²) in [5.41, 5.74) is 2.93. The predicted molar refractivity (Wildman–Crippen MR) is 98.5 cm³/mol. The molecule has 0 unspecified atom stereocenters. The highest BCUT2D eigenvalue weighted by atomic mass is 19.4. The van der Waals surface area contributed by atoms with Gasteiger partial charge in [-0.25, -0.2) is 0 Å². The Hall–Kier alpha value is -2.89. The molecule has 1 heterocycles. The third-order valence-electron chi connectivity index (χ3n) is 4.44. The maximum Gasteiger partial charge on any atom is 0.416 e. The second kappa shape index (κ2) is 7.02. The molecule has 0 aliphatic rings. The largest absolute Gasteiger partial charge is 0.416 e. The van der Waals surface area contributed by atoms with Gasteiger partial charge >= 0.3 is 6.18 Å². The van der Waals surface area contributed by atoms with Gasteiger partial charge in [-0.05, 0) is 49.7 Å². The number of benzene rings is 2. The van der Waals surface area contributed by atoms with Crippen molar-refractivity contribution in [2.45, 2.75) is 26.6 Å². The number of hydrogen-bond acceptors (Lipinski definition) is 2. The molecule has 0 saturated carbocycles. The van der Waals surface area contributed by atoms with Crippen molar-refractivity contribution >= 4 is 16.8 Å². The summed E-state index contributed by atoms with van der Waals surface area (Å²) in [5.74, 6) is -0.219. The van der Waals surface area contributed by atoms with E-state index in [-0.39, 0.29) is 12.5 Å². The minimum atomic E-state index is -4.37. The fraction of sp³-hybridized carbons (Fsp3) is 0.238. The average molecular weight is 372 g/mol. The summed E-state index contributed by atoms with van der Waals surface area (Å²) in [6, 6.07) is 12.5. The SMILES string of the molecule is Cc1ccc2nc(C)c(C(=O)N(C)Cc3ccc(C(F)(F)F)cc3)cc2c1. The average Bonchev–Trinajstić information content (AvgIpc) is 2.60. The van der Waals surface area contributed by atoms with Gasteiger partial charge in [0.25, 0.3) is 5.91 Å². The van der Waals surface area contributed by atoms with E-state index in [0.717, 1.165) is 28.6 Å². The van der Waals surface area contributed by atoms with Crippen molar-refractivity contribution in [1.82, 2.24) is 9.88 Å². The summed E-state index contributed by atoms with van der Waals surface area (Å²) in [4.78, 5) is 18.8. The molecule has 1 aromatic heterocycles. The molecule has 3 nitrogen and oxygen atoms in total. The molecular formula is C21H19F3N2O. The molecule has 0 saturated heterocycles. The molecular weight excluding hydrogens is 353 g/mol. The molecule has 0 fully saturated rings. The third-order valence-corrected chi connectivity index (χ3v) is 4.44. The first kappa shape index (κ1) is 18.9. The van der Waals surface area contributed by atoms with Gasteiger partial charge in [0, 0.05) is 19.0 Å². The van der Waals surface area contributed by atoms with E-state index in [1.54, 1.807) is 14.0 Å². The van der Waals surface area contributed by atoms with Crippen LogP contribution in [-0.2, 0) is 12.7 Å². The van der Waals surface area contributed by atoms with Gasteiger partial charge in [-0.2, -0.15) is 13.2 Å². The lowest BCUT2D eigenvalue weighted by Crippen LogP contribution is -2.27. The zero-order valence-electron chi connectivity index (χ0n) is 15.3. The molecule has 0 aliphatic heterocycles. The van der Waals surface area contributed by atoms with Crippen LogP contribution in [0.3, 0.4) is 0 Å². The first-order chi connectivity index (χ1) is 12.6. The van der Waals surface area contributed by atoms with Crippen LogP contribution < -0.4 is 0 Å². The lowest BCUT2D eigenvalue weighted by Gasteiger charge is -2.19. The lowest BCUT2D eigenvalue weighted by molar-refractivity contribution is -0.137. The van der Waals surface area contributed by atoms with Gasteiger partial charge in [-0.15, -0.1) is 0 Å². The van der Waals surface area contributed by atoms with Gasteiger partial charge in [0.05, 0.1) is 22.3 Å². The predicted octanol–water partition coefficient (Wildman–Crippen LogP) is 5.14. The van der Waals surface area contributed by atoms with Crippen molar-refractivity contribution in [3.63, 3.8) is 0 Å². The second-order valence-electron chi connectivity index (χ2n) is 6.67. The van der Waals surface area contributed by atoms with Crippen molar-refractivity contribution in [3.8, 4) is 0 Å². The smallest absolute Gasteiger partial charge is 0.337 e. The lowest BCUT2D eigenvalue weighted by atomic mass is 10.1. The van der Waals surface area contributed by atoms with Gasteiger partial charge in [-0.3, -0.25) is 9.78 Å². The molecule has 0 N–H and O–H groups in total. The minimum absolute atomic E-state index is 0.211. The summed E-state index contributed by atoms with van der Waals surface area (Å²) < 4.78 is 38.0. The first-order valence-corrected chi connectivity index (χ1v) is 8.45. The maximum absolute atomic E-state index is 12.8. The van der Waals surface area contributed by atoms with Crippen molar-refractivity contribution < 1.29 is 18.0 Å². The summed E-state index contributed by atoms with van der Waals surface area (Å²) in [6.45, 7) is 3.96. The van der Waals surface area contributed by atoms with E-state index >= 15 is 0 Å². The van der Waals surface area contributed by atoms with E-state index in [0.29, 0.717) is 16.8 Å². The molecule has 3 rings (SSSR count). The number of carbonyl (C=O) groups excluding carboxylic acids is 1. The van der Waals surface area contributed by atoms with Crippen LogP contribution in [0.15, 0.2) is 48.5 Å². The van der Waals surface area contributed by atoms with E-state index in [9.17, 15) is 18.0 Å². The number of nitrogens with zero attached hydrogens (tertiary/aromatic N) is 2. The molecule has 0 radical (unpaired) electrons. The zero-order chi connectivity index (χ0) is 19.8. The zero-order valence-corrected chi connectivity index (χ0v) is 15.3. The Kier molecular flexibility index (Phi) is 4.91. The van der Waals surface area contributed by atoms with Crippen molar-refractivity contribution in [3.05, 3.63) is 76.5 Å². The van der Waals surface area contributed by atoms with Crippen LogP contribution in [0.1, 0.15) is 32.7 Å². The van der Waals surface area contributed by atoms with E-state index in [2.05, 4.69) is 4.98 Å². The Morgan fingerprint density at radius 3 is 2.33 bits per heavy atom. The van der Waals surface area contributed by atoms with Gasteiger partial charge in [0.15, 0.2) is 0 Å². The normalized spacial score (nSPS) is 11.6. The maximum atomic E-state index is 12.8. The quantitative estimate of drug-likeness (QED) is 0.638. The number of fused-ring (bicyclic) bond motifs is 1. The van der Waals surface area contributed by atoms with Gasteiger partial charge in [-0.1, -0.05) is 23.8 Å². The van der Waals surface area contributed by atoms with Crippen LogP contribution >= 0.6 is 0 Å². The third kappa shape index (κ3) is 4.10. The molecule has 3 aromatic rings. The minimum Gasteiger partial charge on any atom is -0.337 e. The first-order valence-electron chi connectivity index (χ1n) is 8.45. The number of rotatable bonds is 3. The van der Waals surface area contributed by atoms with Crippen molar-refractivity contribution in [2.24, 2.45) is 0 Å². The number of amides is 1. The Morgan fingerprint density at radius 1 is 1.04 bits per heavy atom. The number of hydrogen-bond donors (Lipinski definition) is 0. The summed E-state index contributed by atoms with van der Waals surface area (Å²) in [7, 11) is 1.62. The molecule has 140 valence electrons. The topological polar surface area (TPSA) is 33.2 Å². The highest BCUT2D eigenvalue weighted by Crippen LogP contribution is 2.29. The summed E-state index contributed by atoms with van der Waals surface area (Å²) >= 11 is 0. The number of aromatic nitrogens is 1. The van der Waals surface area contributed by atoms with Crippen LogP contribution in [0.25, 0.3) is 10.9 Å². The van der Waals surface area contributed by atoms with E-state index < -0.39 is 11.7 Å². The molecule has 6 heteroatoms. The fourth-order valence-electron chi connectivity index (χ4n) is 2.96. The Morgan fingerprint density at radius 2 is 1.70 bits per heavy atom. The highest BCUT2D eigenvalue weighted by molar-refractivity contribution is 5.98. The van der Waals surface area contributed by atoms with Crippen LogP contribution in [0.5, 0.6) is 0 Å². The fourth-order valence-corrected chi connectivity index (χ4v) is 2.96. The summed E-state index contributed by atoms with van der Waals surface area (Å²) in [6.07, 6.45) is -4.37. The summed E-state index contributed by atoms with van der Waals surface area (Å²) in [5, 5.41) is 0.881. The molecule has 27 heavy (non-hydrogen) atoms. The van der Waals surface area contributed by atoms with Crippen LogP contribution in [0.4, 0.5) is 13.2 Å². The number of aryl methyl sites for hydroxylation is 2. The molecule has 0 aliphatic carbocycles. The van der Waals surface area contributed by atoms with Crippen LogP contribution in [-0.4, -0.2) is 22.8 Å².